The van der Waals surface area contributed by atoms with Gasteiger partial charge in [0.05, 0.1) is 5.56 Å². The van der Waals surface area contributed by atoms with Gasteiger partial charge in [-0.1, -0.05) is 11.6 Å². The van der Waals surface area contributed by atoms with Gasteiger partial charge in [-0.15, -0.1) is 0 Å². The minimum atomic E-state index is -0.675. The van der Waals surface area contributed by atoms with Crippen molar-refractivity contribution >= 4 is 0 Å². The summed E-state index contributed by atoms with van der Waals surface area (Å²) in [6.07, 6.45) is 3.23. The highest BCUT2D eigenvalue weighted by atomic mass is 19.1. The number of rotatable bonds is 2. The Hall–Kier alpha value is -1.78. The lowest BCUT2D eigenvalue weighted by atomic mass is 9.85. The number of hydrogen-bond donors (Lipinski definition) is 0. The second-order valence-corrected chi connectivity index (χ2v) is 4.21. The van der Waals surface area contributed by atoms with Crippen LogP contribution in [0.25, 0.3) is 11.4 Å². The maximum absolute atomic E-state index is 13.5. The topological polar surface area (TPSA) is 38.9 Å². The van der Waals surface area contributed by atoms with Gasteiger partial charge in [0, 0.05) is 12.0 Å². The zero-order chi connectivity index (χ0) is 11.8. The standard InChI is InChI=1S/C12H10F2N2O/c13-8-4-5-9(10(14)6-8)11-15-12(17-16-11)7-2-1-3-7/h4-7H,1-3H2. The van der Waals surface area contributed by atoms with Crippen LogP contribution in [0.1, 0.15) is 31.1 Å². The zero-order valence-electron chi connectivity index (χ0n) is 8.99. The van der Waals surface area contributed by atoms with Crippen LogP contribution in [0.3, 0.4) is 0 Å². The lowest BCUT2D eigenvalue weighted by molar-refractivity contribution is 0.292. The highest BCUT2D eigenvalue weighted by Gasteiger charge is 2.26. The third-order valence-corrected chi connectivity index (χ3v) is 3.07. The number of halogens is 2. The molecule has 1 aliphatic carbocycles. The molecule has 3 nitrogen and oxygen atoms in total. The molecule has 1 aliphatic rings. The summed E-state index contributed by atoms with van der Waals surface area (Å²) in [5.41, 5.74) is 0.167. The molecule has 2 aromatic rings. The Morgan fingerprint density at radius 3 is 2.71 bits per heavy atom. The Morgan fingerprint density at radius 1 is 1.24 bits per heavy atom. The van der Waals surface area contributed by atoms with E-state index >= 15 is 0 Å². The summed E-state index contributed by atoms with van der Waals surface area (Å²) in [7, 11) is 0. The van der Waals surface area contributed by atoms with E-state index < -0.39 is 11.6 Å². The van der Waals surface area contributed by atoms with E-state index in [0.717, 1.165) is 25.3 Å². The van der Waals surface area contributed by atoms with E-state index in [9.17, 15) is 8.78 Å². The van der Waals surface area contributed by atoms with Crippen LogP contribution in [-0.4, -0.2) is 10.1 Å². The van der Waals surface area contributed by atoms with Crippen LogP contribution in [0.2, 0.25) is 0 Å². The summed E-state index contributed by atoms with van der Waals surface area (Å²) in [4.78, 5) is 4.15. The van der Waals surface area contributed by atoms with Gasteiger partial charge >= 0.3 is 0 Å². The average Bonchev–Trinajstić information content (AvgIpc) is 2.64. The first-order chi connectivity index (χ1) is 8.24. The van der Waals surface area contributed by atoms with Gasteiger partial charge in [-0.2, -0.15) is 4.98 Å². The van der Waals surface area contributed by atoms with Crippen LogP contribution in [-0.2, 0) is 0 Å². The summed E-state index contributed by atoms with van der Waals surface area (Å²) in [5.74, 6) is -0.251. The van der Waals surface area contributed by atoms with Crippen molar-refractivity contribution in [3.63, 3.8) is 0 Å². The van der Waals surface area contributed by atoms with Crippen LogP contribution >= 0.6 is 0 Å². The Labute approximate surface area is 96.5 Å². The molecule has 17 heavy (non-hydrogen) atoms. The summed E-state index contributed by atoms with van der Waals surface area (Å²) in [6.45, 7) is 0. The van der Waals surface area contributed by atoms with Crippen LogP contribution in [0.15, 0.2) is 22.7 Å². The van der Waals surface area contributed by atoms with Crippen molar-refractivity contribution in [2.45, 2.75) is 25.2 Å². The quantitative estimate of drug-likeness (QED) is 0.803. The van der Waals surface area contributed by atoms with Gasteiger partial charge in [0.15, 0.2) is 0 Å². The second-order valence-electron chi connectivity index (χ2n) is 4.21. The maximum atomic E-state index is 13.5. The lowest BCUT2D eigenvalue weighted by Crippen LogP contribution is -2.08. The Balaban J connectivity index is 1.94. The first-order valence-corrected chi connectivity index (χ1v) is 5.53. The molecule has 3 rings (SSSR count). The average molecular weight is 236 g/mol. The lowest BCUT2D eigenvalue weighted by Gasteiger charge is -2.20. The van der Waals surface area contributed by atoms with E-state index in [1.165, 1.54) is 12.1 Å². The van der Waals surface area contributed by atoms with Gasteiger partial charge in [-0.25, -0.2) is 8.78 Å². The van der Waals surface area contributed by atoms with Crippen molar-refractivity contribution < 1.29 is 13.3 Å². The normalized spacial score (nSPS) is 15.9. The van der Waals surface area contributed by atoms with E-state index in [-0.39, 0.29) is 11.4 Å². The van der Waals surface area contributed by atoms with Crippen molar-refractivity contribution in [3.05, 3.63) is 35.7 Å². The van der Waals surface area contributed by atoms with Crippen molar-refractivity contribution in [1.82, 2.24) is 10.1 Å². The Kier molecular flexibility index (Phi) is 2.39. The fourth-order valence-corrected chi connectivity index (χ4v) is 1.84. The molecule has 0 aliphatic heterocycles. The summed E-state index contributed by atoms with van der Waals surface area (Å²) >= 11 is 0. The monoisotopic (exact) mass is 236 g/mol. The van der Waals surface area contributed by atoms with Gasteiger partial charge in [0.1, 0.15) is 11.6 Å². The predicted octanol–water partition coefficient (Wildman–Crippen LogP) is 3.28. The van der Waals surface area contributed by atoms with Crippen LogP contribution in [0.5, 0.6) is 0 Å². The molecule has 88 valence electrons. The van der Waals surface area contributed by atoms with Crippen molar-refractivity contribution in [3.8, 4) is 11.4 Å². The van der Waals surface area contributed by atoms with Gasteiger partial charge in [-0.05, 0) is 25.0 Å². The van der Waals surface area contributed by atoms with Crippen LogP contribution < -0.4 is 0 Å². The first-order valence-electron chi connectivity index (χ1n) is 5.53. The van der Waals surface area contributed by atoms with Crippen molar-refractivity contribution in [1.29, 1.82) is 0 Å². The molecule has 1 fully saturated rings. The van der Waals surface area contributed by atoms with E-state index in [2.05, 4.69) is 10.1 Å². The number of nitrogens with zero attached hydrogens (tertiary/aromatic N) is 2. The molecule has 0 spiro atoms. The van der Waals surface area contributed by atoms with Gasteiger partial charge < -0.3 is 4.52 Å². The molecule has 1 heterocycles. The van der Waals surface area contributed by atoms with E-state index in [0.29, 0.717) is 11.8 Å². The largest absolute Gasteiger partial charge is 0.339 e. The first kappa shape index (κ1) is 10.4. The summed E-state index contributed by atoms with van der Waals surface area (Å²) < 4.78 is 31.3. The SMILES string of the molecule is Fc1ccc(-c2noc(C3CCC3)n2)c(F)c1. The van der Waals surface area contributed by atoms with Crippen molar-refractivity contribution in [2.24, 2.45) is 0 Å². The minimum absolute atomic E-state index is 0.167. The Morgan fingerprint density at radius 2 is 2.06 bits per heavy atom. The molecule has 0 amide bonds. The molecular weight excluding hydrogens is 226 g/mol. The molecule has 0 atom stereocenters. The highest BCUT2D eigenvalue weighted by Crippen LogP contribution is 2.36. The zero-order valence-corrected chi connectivity index (χ0v) is 8.99. The highest BCUT2D eigenvalue weighted by molar-refractivity contribution is 5.55. The fraction of sp³-hybridized carbons (Fsp3) is 0.333. The smallest absolute Gasteiger partial charge is 0.230 e. The Bertz CT molecular complexity index is 549. The molecule has 0 bridgehead atoms. The molecule has 1 aromatic carbocycles. The fourth-order valence-electron chi connectivity index (χ4n) is 1.84. The maximum Gasteiger partial charge on any atom is 0.230 e. The number of hydrogen-bond acceptors (Lipinski definition) is 3. The number of benzene rings is 1. The molecule has 0 saturated heterocycles. The van der Waals surface area contributed by atoms with Crippen LogP contribution in [0, 0.1) is 11.6 Å². The predicted molar refractivity (Wildman–Crippen MR) is 56.2 cm³/mol. The molecule has 0 N–H and O–H groups in total. The van der Waals surface area contributed by atoms with Crippen molar-refractivity contribution in [2.75, 3.05) is 0 Å². The van der Waals surface area contributed by atoms with E-state index in [4.69, 9.17) is 4.52 Å². The third kappa shape index (κ3) is 1.81. The van der Waals surface area contributed by atoms with Gasteiger partial charge in [0.25, 0.3) is 0 Å². The summed E-state index contributed by atoms with van der Waals surface area (Å²) in [6, 6.07) is 3.31. The molecule has 5 heteroatoms. The number of aromatic nitrogens is 2. The molecular formula is C12H10F2N2O. The second kappa shape index (κ2) is 3.91. The van der Waals surface area contributed by atoms with E-state index in [1.54, 1.807) is 0 Å². The third-order valence-electron chi connectivity index (χ3n) is 3.07. The molecule has 1 saturated carbocycles. The molecule has 0 radical (unpaired) electrons. The summed E-state index contributed by atoms with van der Waals surface area (Å²) in [5, 5.41) is 3.73. The molecule has 1 aromatic heterocycles. The van der Waals surface area contributed by atoms with Gasteiger partial charge in [-0.3, -0.25) is 0 Å². The van der Waals surface area contributed by atoms with Crippen LogP contribution in [0.4, 0.5) is 8.78 Å². The molecule has 0 unspecified atom stereocenters. The minimum Gasteiger partial charge on any atom is -0.339 e. The van der Waals surface area contributed by atoms with Gasteiger partial charge in [0.2, 0.25) is 11.7 Å². The van der Waals surface area contributed by atoms with E-state index in [1.807, 2.05) is 0 Å².